The standard InChI is InChI=1S/C15H19N3O2S/c1-2-16-11-9-13-5-7-15(8-6-13)21(19,20)18-14-4-3-10-17-12-14/h3-8,10,12,16,18H,2,9,11H2,1H3. The van der Waals surface area contributed by atoms with Gasteiger partial charge in [-0.3, -0.25) is 9.71 Å². The van der Waals surface area contributed by atoms with Gasteiger partial charge in [-0.1, -0.05) is 19.1 Å². The molecule has 0 atom stereocenters. The normalized spacial score (nSPS) is 11.3. The molecular weight excluding hydrogens is 286 g/mol. The molecule has 0 saturated heterocycles. The Morgan fingerprint density at radius 1 is 1.14 bits per heavy atom. The second-order valence-corrected chi connectivity index (χ2v) is 6.28. The zero-order valence-corrected chi connectivity index (χ0v) is 12.7. The Balaban J connectivity index is 2.06. The Morgan fingerprint density at radius 2 is 1.90 bits per heavy atom. The fourth-order valence-corrected chi connectivity index (χ4v) is 2.93. The van der Waals surface area contributed by atoms with Crippen molar-refractivity contribution in [3.8, 4) is 0 Å². The van der Waals surface area contributed by atoms with Gasteiger partial charge in [0.1, 0.15) is 0 Å². The Morgan fingerprint density at radius 3 is 2.52 bits per heavy atom. The van der Waals surface area contributed by atoms with Crippen molar-refractivity contribution < 1.29 is 8.42 Å². The van der Waals surface area contributed by atoms with Gasteiger partial charge in [0.05, 0.1) is 16.8 Å². The van der Waals surface area contributed by atoms with Crippen LogP contribution in [-0.2, 0) is 16.4 Å². The van der Waals surface area contributed by atoms with Crippen molar-refractivity contribution in [1.82, 2.24) is 10.3 Å². The van der Waals surface area contributed by atoms with Crippen molar-refractivity contribution in [2.24, 2.45) is 0 Å². The van der Waals surface area contributed by atoms with Gasteiger partial charge in [-0.15, -0.1) is 0 Å². The van der Waals surface area contributed by atoms with Crippen LogP contribution in [0.5, 0.6) is 0 Å². The number of pyridine rings is 1. The van der Waals surface area contributed by atoms with Gasteiger partial charge >= 0.3 is 0 Å². The fraction of sp³-hybridized carbons (Fsp3) is 0.267. The summed E-state index contributed by atoms with van der Waals surface area (Å²) in [6, 6.07) is 10.3. The maximum Gasteiger partial charge on any atom is 0.261 e. The van der Waals surface area contributed by atoms with Crippen molar-refractivity contribution in [2.45, 2.75) is 18.2 Å². The summed E-state index contributed by atoms with van der Waals surface area (Å²) in [4.78, 5) is 4.13. The van der Waals surface area contributed by atoms with Gasteiger partial charge in [0, 0.05) is 6.20 Å². The fourth-order valence-electron chi connectivity index (χ4n) is 1.88. The molecule has 0 amide bonds. The number of benzene rings is 1. The predicted molar refractivity (Wildman–Crippen MR) is 83.7 cm³/mol. The largest absolute Gasteiger partial charge is 0.317 e. The van der Waals surface area contributed by atoms with E-state index in [9.17, 15) is 8.42 Å². The molecule has 2 N–H and O–H groups in total. The van der Waals surface area contributed by atoms with Crippen molar-refractivity contribution in [3.63, 3.8) is 0 Å². The number of rotatable bonds is 7. The van der Waals surface area contributed by atoms with Crippen LogP contribution in [0.1, 0.15) is 12.5 Å². The Bertz CT molecular complexity index is 655. The lowest BCUT2D eigenvalue weighted by Crippen LogP contribution is -2.16. The van der Waals surface area contributed by atoms with E-state index in [1.165, 1.54) is 6.20 Å². The first-order valence-electron chi connectivity index (χ1n) is 6.84. The molecule has 2 aromatic rings. The lowest BCUT2D eigenvalue weighted by molar-refractivity contribution is 0.601. The van der Waals surface area contributed by atoms with Crippen LogP contribution < -0.4 is 10.0 Å². The quantitative estimate of drug-likeness (QED) is 0.768. The molecule has 2 rings (SSSR count). The number of hydrogen-bond acceptors (Lipinski definition) is 4. The minimum absolute atomic E-state index is 0.249. The molecule has 0 bridgehead atoms. The third-order valence-corrected chi connectivity index (χ3v) is 4.39. The molecule has 0 unspecified atom stereocenters. The van der Waals surface area contributed by atoms with E-state index in [4.69, 9.17) is 0 Å². The Hall–Kier alpha value is -1.92. The minimum atomic E-state index is -3.56. The van der Waals surface area contributed by atoms with Gasteiger partial charge in [-0.25, -0.2) is 8.42 Å². The molecule has 1 aromatic carbocycles. The predicted octanol–water partition coefficient (Wildman–Crippen LogP) is 2.03. The van der Waals surface area contributed by atoms with Gasteiger partial charge in [0.15, 0.2) is 0 Å². The maximum atomic E-state index is 12.2. The molecule has 5 nitrogen and oxygen atoms in total. The molecule has 0 fully saturated rings. The van der Waals surface area contributed by atoms with E-state index < -0.39 is 10.0 Å². The molecule has 0 aliphatic carbocycles. The van der Waals surface area contributed by atoms with Crippen LogP contribution >= 0.6 is 0 Å². The summed E-state index contributed by atoms with van der Waals surface area (Å²) >= 11 is 0. The van der Waals surface area contributed by atoms with E-state index in [1.54, 1.807) is 30.5 Å². The monoisotopic (exact) mass is 305 g/mol. The summed E-state index contributed by atoms with van der Waals surface area (Å²) in [5.41, 5.74) is 1.56. The highest BCUT2D eigenvalue weighted by atomic mass is 32.2. The minimum Gasteiger partial charge on any atom is -0.317 e. The SMILES string of the molecule is CCNCCc1ccc(S(=O)(=O)Nc2cccnc2)cc1. The van der Waals surface area contributed by atoms with Gasteiger partial charge in [0.25, 0.3) is 10.0 Å². The highest BCUT2D eigenvalue weighted by Crippen LogP contribution is 2.15. The van der Waals surface area contributed by atoms with Crippen LogP contribution in [0, 0.1) is 0 Å². The van der Waals surface area contributed by atoms with Gasteiger partial charge in [-0.05, 0) is 49.3 Å². The van der Waals surface area contributed by atoms with Crippen LogP contribution in [0.25, 0.3) is 0 Å². The van der Waals surface area contributed by atoms with Crippen LogP contribution in [0.15, 0.2) is 53.7 Å². The molecule has 0 spiro atoms. The molecule has 6 heteroatoms. The van der Waals surface area contributed by atoms with Gasteiger partial charge in [0.2, 0.25) is 0 Å². The molecular formula is C15H19N3O2S. The molecule has 112 valence electrons. The number of aromatic nitrogens is 1. The molecule has 0 aliphatic rings. The van der Waals surface area contributed by atoms with E-state index in [0.717, 1.165) is 25.1 Å². The van der Waals surface area contributed by atoms with E-state index in [0.29, 0.717) is 5.69 Å². The summed E-state index contributed by atoms with van der Waals surface area (Å²) in [6.45, 7) is 3.87. The zero-order valence-electron chi connectivity index (χ0n) is 11.9. The summed E-state index contributed by atoms with van der Waals surface area (Å²) in [5, 5.41) is 3.24. The highest BCUT2D eigenvalue weighted by Gasteiger charge is 2.13. The van der Waals surface area contributed by atoms with Gasteiger partial charge < -0.3 is 5.32 Å². The average Bonchev–Trinajstić information content (AvgIpc) is 2.49. The first kappa shape index (κ1) is 15.5. The number of likely N-dealkylation sites (N-methyl/N-ethyl adjacent to an activating group) is 1. The lowest BCUT2D eigenvalue weighted by atomic mass is 10.1. The highest BCUT2D eigenvalue weighted by molar-refractivity contribution is 7.92. The third kappa shape index (κ3) is 4.54. The van der Waals surface area contributed by atoms with Gasteiger partial charge in [-0.2, -0.15) is 0 Å². The summed E-state index contributed by atoms with van der Waals surface area (Å²) in [5.74, 6) is 0. The Labute approximate surface area is 125 Å². The molecule has 1 aromatic heterocycles. The number of anilines is 1. The zero-order chi connectivity index (χ0) is 15.1. The smallest absolute Gasteiger partial charge is 0.261 e. The van der Waals surface area contributed by atoms with Crippen LogP contribution in [0.3, 0.4) is 0 Å². The average molecular weight is 305 g/mol. The van der Waals surface area contributed by atoms with E-state index in [1.807, 2.05) is 12.1 Å². The maximum absolute atomic E-state index is 12.2. The lowest BCUT2D eigenvalue weighted by Gasteiger charge is -2.08. The number of hydrogen-bond donors (Lipinski definition) is 2. The molecule has 21 heavy (non-hydrogen) atoms. The summed E-state index contributed by atoms with van der Waals surface area (Å²) in [6.07, 6.45) is 3.95. The van der Waals surface area contributed by atoms with E-state index in [2.05, 4.69) is 21.9 Å². The Kier molecular flexibility index (Phi) is 5.30. The van der Waals surface area contributed by atoms with Crippen LogP contribution in [0.2, 0.25) is 0 Å². The summed E-state index contributed by atoms with van der Waals surface area (Å²) < 4.78 is 26.9. The summed E-state index contributed by atoms with van der Waals surface area (Å²) in [7, 11) is -3.56. The molecule has 0 radical (unpaired) electrons. The topological polar surface area (TPSA) is 71.1 Å². The molecule has 0 saturated carbocycles. The first-order valence-corrected chi connectivity index (χ1v) is 8.32. The number of nitrogens with one attached hydrogen (secondary N) is 2. The molecule has 0 aliphatic heterocycles. The molecule has 1 heterocycles. The van der Waals surface area contributed by atoms with Crippen molar-refractivity contribution in [1.29, 1.82) is 0 Å². The second kappa shape index (κ2) is 7.19. The van der Waals surface area contributed by atoms with Crippen LogP contribution in [-0.4, -0.2) is 26.5 Å². The number of sulfonamides is 1. The van der Waals surface area contributed by atoms with E-state index >= 15 is 0 Å². The van der Waals surface area contributed by atoms with Crippen molar-refractivity contribution in [2.75, 3.05) is 17.8 Å². The van der Waals surface area contributed by atoms with Crippen molar-refractivity contribution in [3.05, 3.63) is 54.4 Å². The van der Waals surface area contributed by atoms with Crippen LogP contribution in [0.4, 0.5) is 5.69 Å². The first-order chi connectivity index (χ1) is 10.1. The number of nitrogens with zero attached hydrogens (tertiary/aromatic N) is 1. The second-order valence-electron chi connectivity index (χ2n) is 4.59. The van der Waals surface area contributed by atoms with Crippen molar-refractivity contribution >= 4 is 15.7 Å². The van der Waals surface area contributed by atoms with E-state index in [-0.39, 0.29) is 4.90 Å². The third-order valence-electron chi connectivity index (χ3n) is 2.99.